The summed E-state index contributed by atoms with van der Waals surface area (Å²) in [5.74, 6) is 0.664. The molecule has 2 rings (SSSR count). The first-order valence-corrected chi connectivity index (χ1v) is 5.74. The van der Waals surface area contributed by atoms with E-state index in [1.807, 2.05) is 0 Å². The number of amides is 1. The first-order valence-electron chi connectivity index (χ1n) is 5.74. The predicted octanol–water partition coefficient (Wildman–Crippen LogP) is 1.03. The summed E-state index contributed by atoms with van der Waals surface area (Å²) in [7, 11) is 0. The lowest BCUT2D eigenvalue weighted by Gasteiger charge is -2.27. The van der Waals surface area contributed by atoms with Crippen LogP contribution in [0.25, 0.3) is 0 Å². The third kappa shape index (κ3) is 1.78. The number of primary amides is 1. The van der Waals surface area contributed by atoms with Gasteiger partial charge in [-0.3, -0.25) is 4.79 Å². The van der Waals surface area contributed by atoms with Gasteiger partial charge in [0.2, 0.25) is 5.91 Å². The molecule has 80 valence electrons. The molecule has 1 heterocycles. The van der Waals surface area contributed by atoms with Crippen LogP contribution in [0.3, 0.4) is 0 Å². The van der Waals surface area contributed by atoms with Crippen molar-refractivity contribution in [1.82, 2.24) is 5.32 Å². The normalized spacial score (nSPS) is 33.7. The van der Waals surface area contributed by atoms with Crippen molar-refractivity contribution in [3.8, 4) is 0 Å². The highest BCUT2D eigenvalue weighted by atomic mass is 16.1. The largest absolute Gasteiger partial charge is 0.369 e. The van der Waals surface area contributed by atoms with Crippen LogP contribution in [0.4, 0.5) is 0 Å². The maximum atomic E-state index is 11.5. The lowest BCUT2D eigenvalue weighted by molar-refractivity contribution is -0.127. The van der Waals surface area contributed by atoms with Crippen molar-refractivity contribution in [2.45, 2.75) is 38.5 Å². The second-order valence-corrected chi connectivity index (χ2v) is 4.93. The fraction of sp³-hybridized carbons (Fsp3) is 0.909. The van der Waals surface area contributed by atoms with Crippen LogP contribution >= 0.6 is 0 Å². The summed E-state index contributed by atoms with van der Waals surface area (Å²) in [6, 6.07) is 0. The van der Waals surface area contributed by atoms with E-state index >= 15 is 0 Å². The zero-order valence-electron chi connectivity index (χ0n) is 8.72. The van der Waals surface area contributed by atoms with Crippen LogP contribution in [0.5, 0.6) is 0 Å². The minimum Gasteiger partial charge on any atom is -0.369 e. The topological polar surface area (TPSA) is 55.1 Å². The summed E-state index contributed by atoms with van der Waals surface area (Å²) in [6.45, 7) is 1.76. The maximum absolute atomic E-state index is 11.5. The van der Waals surface area contributed by atoms with Crippen LogP contribution in [-0.4, -0.2) is 19.0 Å². The number of nitrogens with two attached hydrogens (primary N) is 1. The lowest BCUT2D eigenvalue weighted by atomic mass is 9.77. The van der Waals surface area contributed by atoms with Gasteiger partial charge in [-0.25, -0.2) is 0 Å². The smallest absolute Gasteiger partial charge is 0.224 e. The van der Waals surface area contributed by atoms with Gasteiger partial charge in [0.05, 0.1) is 5.41 Å². The van der Waals surface area contributed by atoms with Crippen LogP contribution in [-0.2, 0) is 4.79 Å². The van der Waals surface area contributed by atoms with Crippen molar-refractivity contribution in [3.05, 3.63) is 0 Å². The van der Waals surface area contributed by atoms with Gasteiger partial charge < -0.3 is 11.1 Å². The molecule has 2 aliphatic rings. The molecule has 3 heteroatoms. The Bertz CT molecular complexity index is 215. The van der Waals surface area contributed by atoms with Crippen molar-refractivity contribution < 1.29 is 4.79 Å². The first-order chi connectivity index (χ1) is 6.73. The zero-order chi connectivity index (χ0) is 10.0. The predicted molar refractivity (Wildman–Crippen MR) is 55.7 cm³/mol. The van der Waals surface area contributed by atoms with Crippen LogP contribution in [0.15, 0.2) is 0 Å². The van der Waals surface area contributed by atoms with E-state index in [2.05, 4.69) is 5.32 Å². The molecule has 0 bridgehead atoms. The second kappa shape index (κ2) is 3.89. The Morgan fingerprint density at radius 2 is 2.14 bits per heavy atom. The van der Waals surface area contributed by atoms with E-state index in [-0.39, 0.29) is 11.3 Å². The highest BCUT2D eigenvalue weighted by molar-refractivity contribution is 5.81. The van der Waals surface area contributed by atoms with E-state index in [0.29, 0.717) is 0 Å². The van der Waals surface area contributed by atoms with E-state index in [1.54, 1.807) is 0 Å². The Kier molecular flexibility index (Phi) is 2.77. The third-order valence-corrected chi connectivity index (χ3v) is 3.92. The average Bonchev–Trinajstić information content (AvgIpc) is 2.76. The first kappa shape index (κ1) is 9.97. The van der Waals surface area contributed by atoms with Gasteiger partial charge in [-0.2, -0.15) is 0 Å². The van der Waals surface area contributed by atoms with Crippen molar-refractivity contribution in [1.29, 1.82) is 0 Å². The molecule has 1 amide bonds. The molecule has 0 aromatic rings. The Balaban J connectivity index is 1.99. The fourth-order valence-electron chi connectivity index (χ4n) is 3.00. The highest BCUT2D eigenvalue weighted by Crippen LogP contribution is 2.39. The van der Waals surface area contributed by atoms with Gasteiger partial charge in [-0.05, 0) is 25.3 Å². The Labute approximate surface area is 85.4 Å². The molecule has 1 saturated heterocycles. The molecule has 1 atom stereocenters. The van der Waals surface area contributed by atoms with E-state index in [0.717, 1.165) is 31.8 Å². The number of rotatable bonds is 3. The van der Waals surface area contributed by atoms with Crippen molar-refractivity contribution in [3.63, 3.8) is 0 Å². The minimum absolute atomic E-state index is 0.0885. The average molecular weight is 196 g/mol. The van der Waals surface area contributed by atoms with Gasteiger partial charge >= 0.3 is 0 Å². The molecule has 1 aliphatic heterocycles. The highest BCUT2D eigenvalue weighted by Gasteiger charge is 2.41. The van der Waals surface area contributed by atoms with Gasteiger partial charge in [-0.15, -0.1) is 0 Å². The van der Waals surface area contributed by atoms with Gasteiger partial charge in [0, 0.05) is 6.54 Å². The van der Waals surface area contributed by atoms with Crippen molar-refractivity contribution in [2.24, 2.45) is 17.1 Å². The third-order valence-electron chi connectivity index (χ3n) is 3.92. The molecule has 0 spiro atoms. The van der Waals surface area contributed by atoms with E-state index in [4.69, 9.17) is 5.73 Å². The summed E-state index contributed by atoms with van der Waals surface area (Å²) in [5, 5.41) is 3.27. The molecule has 0 aromatic heterocycles. The molecule has 3 N–H and O–H groups in total. The summed E-state index contributed by atoms with van der Waals surface area (Å²) in [6.07, 6.45) is 7.25. The Hall–Kier alpha value is -0.570. The molecule has 0 aromatic carbocycles. The van der Waals surface area contributed by atoms with Gasteiger partial charge in [0.15, 0.2) is 0 Å². The molecule has 1 aliphatic carbocycles. The number of nitrogens with one attached hydrogen (secondary N) is 1. The Morgan fingerprint density at radius 3 is 2.64 bits per heavy atom. The molecular weight excluding hydrogens is 176 g/mol. The summed E-state index contributed by atoms with van der Waals surface area (Å²) in [4.78, 5) is 11.5. The minimum atomic E-state index is -0.213. The van der Waals surface area contributed by atoms with E-state index in [1.165, 1.54) is 25.7 Å². The number of carbonyl (C=O) groups is 1. The SMILES string of the molecule is NC(=O)C1(CC2CCCC2)CCNC1. The maximum Gasteiger partial charge on any atom is 0.224 e. The van der Waals surface area contributed by atoms with Crippen LogP contribution < -0.4 is 11.1 Å². The molecule has 1 saturated carbocycles. The van der Waals surface area contributed by atoms with Gasteiger partial charge in [-0.1, -0.05) is 25.7 Å². The second-order valence-electron chi connectivity index (χ2n) is 4.93. The molecule has 14 heavy (non-hydrogen) atoms. The number of hydrogen-bond acceptors (Lipinski definition) is 2. The molecule has 2 fully saturated rings. The number of carbonyl (C=O) groups excluding carboxylic acids is 1. The number of hydrogen-bond donors (Lipinski definition) is 2. The van der Waals surface area contributed by atoms with E-state index in [9.17, 15) is 4.79 Å². The van der Waals surface area contributed by atoms with E-state index < -0.39 is 0 Å². The lowest BCUT2D eigenvalue weighted by Crippen LogP contribution is -2.40. The molecular formula is C11H20N2O. The van der Waals surface area contributed by atoms with Crippen LogP contribution in [0.2, 0.25) is 0 Å². The molecule has 3 nitrogen and oxygen atoms in total. The van der Waals surface area contributed by atoms with Crippen LogP contribution in [0.1, 0.15) is 38.5 Å². The van der Waals surface area contributed by atoms with Gasteiger partial charge in [0.25, 0.3) is 0 Å². The Morgan fingerprint density at radius 1 is 1.43 bits per heavy atom. The molecule has 0 radical (unpaired) electrons. The molecule has 1 unspecified atom stereocenters. The fourth-order valence-corrected chi connectivity index (χ4v) is 3.00. The summed E-state index contributed by atoms with van der Waals surface area (Å²) < 4.78 is 0. The zero-order valence-corrected chi connectivity index (χ0v) is 8.72. The summed E-state index contributed by atoms with van der Waals surface area (Å²) in [5.41, 5.74) is 5.32. The monoisotopic (exact) mass is 196 g/mol. The van der Waals surface area contributed by atoms with Gasteiger partial charge in [0.1, 0.15) is 0 Å². The quantitative estimate of drug-likeness (QED) is 0.708. The standard InChI is InChI=1S/C11H20N2O/c12-10(14)11(5-6-13-8-11)7-9-3-1-2-4-9/h9,13H,1-8H2,(H2,12,14). The van der Waals surface area contributed by atoms with Crippen molar-refractivity contribution in [2.75, 3.05) is 13.1 Å². The van der Waals surface area contributed by atoms with Crippen molar-refractivity contribution >= 4 is 5.91 Å². The summed E-state index contributed by atoms with van der Waals surface area (Å²) >= 11 is 0. The van der Waals surface area contributed by atoms with Crippen LogP contribution in [0, 0.1) is 11.3 Å².